The van der Waals surface area contributed by atoms with Crippen LogP contribution in [-0.2, 0) is 4.79 Å². The smallest absolute Gasteiger partial charge is 0.236 e. The molecule has 7 heteroatoms. The first-order valence-electron chi connectivity index (χ1n) is 6.15. The fourth-order valence-electron chi connectivity index (χ4n) is 1.47. The van der Waals surface area contributed by atoms with E-state index >= 15 is 0 Å². The number of nitrogens with zero attached hydrogens (tertiary/aromatic N) is 2. The second-order valence-corrected chi connectivity index (χ2v) is 5.90. The molecular formula is C13H14BrN3O2S. The van der Waals surface area contributed by atoms with E-state index < -0.39 is 0 Å². The Kier molecular flexibility index (Phi) is 5.60. The van der Waals surface area contributed by atoms with Gasteiger partial charge in [-0.2, -0.15) is 5.10 Å². The molecular weight excluding hydrogens is 342 g/mol. The molecule has 1 aliphatic heterocycles. The van der Waals surface area contributed by atoms with Gasteiger partial charge in [-0.25, -0.2) is 0 Å². The number of halogens is 1. The molecule has 1 aliphatic rings. The molecule has 0 unspecified atom stereocenters. The lowest BCUT2D eigenvalue weighted by Gasteiger charge is -2.07. The summed E-state index contributed by atoms with van der Waals surface area (Å²) in [6.07, 6.45) is 2.56. The molecule has 106 valence electrons. The monoisotopic (exact) mass is 355 g/mol. The molecule has 1 N–H and O–H groups in total. The maximum atomic E-state index is 11.0. The Bertz CT molecular complexity index is 561. The molecule has 1 saturated heterocycles. The Morgan fingerprint density at radius 3 is 3.10 bits per heavy atom. The number of nitrogens with one attached hydrogen (secondary N) is 1. The number of ether oxygens (including phenoxy) is 1. The summed E-state index contributed by atoms with van der Waals surface area (Å²) >= 11 is 4.76. The Hall–Kier alpha value is -1.34. The maximum Gasteiger partial charge on any atom is 0.236 e. The highest BCUT2D eigenvalue weighted by Gasteiger charge is 2.15. The summed E-state index contributed by atoms with van der Waals surface area (Å²) in [5, 5.41) is 11.1. The lowest BCUT2D eigenvalue weighted by molar-refractivity contribution is -0.116. The first kappa shape index (κ1) is 15.1. The van der Waals surface area contributed by atoms with Crippen LogP contribution in [0.25, 0.3) is 0 Å². The number of amides is 1. The highest BCUT2D eigenvalue weighted by Crippen LogP contribution is 2.22. The Labute approximate surface area is 130 Å². The molecule has 1 fully saturated rings. The largest absolute Gasteiger partial charge is 0.493 e. The summed E-state index contributed by atoms with van der Waals surface area (Å²) in [7, 11) is 0. The first-order valence-corrected chi connectivity index (χ1v) is 7.93. The van der Waals surface area contributed by atoms with Crippen LogP contribution in [0.5, 0.6) is 5.75 Å². The molecule has 0 saturated carbocycles. The van der Waals surface area contributed by atoms with Crippen molar-refractivity contribution in [3.63, 3.8) is 0 Å². The van der Waals surface area contributed by atoms with Gasteiger partial charge in [0.2, 0.25) is 5.91 Å². The molecule has 1 heterocycles. The van der Waals surface area contributed by atoms with Gasteiger partial charge in [-0.1, -0.05) is 34.6 Å². The number of carbonyl (C=O) groups is 1. The van der Waals surface area contributed by atoms with Crippen LogP contribution in [0.2, 0.25) is 0 Å². The van der Waals surface area contributed by atoms with Gasteiger partial charge in [-0.05, 0) is 24.6 Å². The second-order valence-electron chi connectivity index (χ2n) is 4.02. The van der Waals surface area contributed by atoms with E-state index in [0.717, 1.165) is 22.2 Å². The van der Waals surface area contributed by atoms with Gasteiger partial charge in [-0.15, -0.1) is 5.10 Å². The molecule has 0 bridgehead atoms. The molecule has 1 aromatic rings. The standard InChI is InChI=1S/C13H14BrN3O2S/c1-2-5-19-11-6-10(14)4-3-9(11)7-15-17-13-16-12(18)8-20-13/h3-4,6-7H,2,5,8H2,1H3,(H,16,17,18). The van der Waals surface area contributed by atoms with Crippen LogP contribution in [0, 0.1) is 0 Å². The summed E-state index contributed by atoms with van der Waals surface area (Å²) in [4.78, 5) is 11.0. The van der Waals surface area contributed by atoms with Gasteiger partial charge < -0.3 is 10.1 Å². The SMILES string of the molecule is CCCOc1cc(Br)ccc1C=NN=C1NC(=O)CS1. The number of rotatable bonds is 5. The maximum absolute atomic E-state index is 11.0. The molecule has 0 atom stereocenters. The van der Waals surface area contributed by atoms with E-state index in [1.165, 1.54) is 11.8 Å². The van der Waals surface area contributed by atoms with Gasteiger partial charge in [0.15, 0.2) is 5.17 Å². The van der Waals surface area contributed by atoms with Crippen molar-refractivity contribution in [1.29, 1.82) is 0 Å². The fraction of sp³-hybridized carbons (Fsp3) is 0.308. The van der Waals surface area contributed by atoms with E-state index in [9.17, 15) is 4.79 Å². The van der Waals surface area contributed by atoms with Crippen LogP contribution < -0.4 is 10.1 Å². The van der Waals surface area contributed by atoms with E-state index in [1.807, 2.05) is 18.2 Å². The van der Waals surface area contributed by atoms with Crippen molar-refractivity contribution in [2.45, 2.75) is 13.3 Å². The number of hydrogen-bond donors (Lipinski definition) is 1. The van der Waals surface area contributed by atoms with Crippen molar-refractivity contribution in [3.05, 3.63) is 28.2 Å². The number of benzene rings is 1. The van der Waals surface area contributed by atoms with Crippen LogP contribution in [0.15, 0.2) is 32.9 Å². The number of thioether (sulfide) groups is 1. The molecule has 0 spiro atoms. The third-order valence-corrected chi connectivity index (χ3v) is 3.73. The normalized spacial score (nSPS) is 16.9. The first-order chi connectivity index (χ1) is 9.69. The zero-order valence-corrected chi connectivity index (χ0v) is 13.3. The lowest BCUT2D eigenvalue weighted by atomic mass is 10.2. The third kappa shape index (κ3) is 4.35. The van der Waals surface area contributed by atoms with E-state index in [1.54, 1.807) is 6.21 Å². The summed E-state index contributed by atoms with van der Waals surface area (Å²) in [5.74, 6) is 1.12. The van der Waals surface area contributed by atoms with Gasteiger partial charge in [0.25, 0.3) is 0 Å². The minimum atomic E-state index is -0.0421. The highest BCUT2D eigenvalue weighted by atomic mass is 79.9. The third-order valence-electron chi connectivity index (χ3n) is 2.37. The number of hydrogen-bond acceptors (Lipinski definition) is 5. The van der Waals surface area contributed by atoms with Gasteiger partial charge in [0.1, 0.15) is 5.75 Å². The summed E-state index contributed by atoms with van der Waals surface area (Å²) in [5.41, 5.74) is 0.848. The molecule has 0 aromatic heterocycles. The molecule has 0 aliphatic carbocycles. The zero-order chi connectivity index (χ0) is 14.4. The van der Waals surface area contributed by atoms with Crippen molar-refractivity contribution in [2.75, 3.05) is 12.4 Å². The Morgan fingerprint density at radius 1 is 1.55 bits per heavy atom. The van der Waals surface area contributed by atoms with E-state index in [0.29, 0.717) is 17.5 Å². The molecule has 20 heavy (non-hydrogen) atoms. The minimum absolute atomic E-state index is 0.0421. The van der Waals surface area contributed by atoms with Crippen LogP contribution in [0.1, 0.15) is 18.9 Å². The zero-order valence-electron chi connectivity index (χ0n) is 10.9. The van der Waals surface area contributed by atoms with Crippen LogP contribution >= 0.6 is 27.7 Å². The number of carbonyl (C=O) groups excluding carboxylic acids is 1. The quantitative estimate of drug-likeness (QED) is 0.652. The van der Waals surface area contributed by atoms with Crippen molar-refractivity contribution in [2.24, 2.45) is 10.2 Å². The van der Waals surface area contributed by atoms with Gasteiger partial charge >= 0.3 is 0 Å². The van der Waals surface area contributed by atoms with E-state index in [-0.39, 0.29) is 5.91 Å². The van der Waals surface area contributed by atoms with Gasteiger partial charge in [0, 0.05) is 10.0 Å². The van der Waals surface area contributed by atoms with Crippen molar-refractivity contribution < 1.29 is 9.53 Å². The second kappa shape index (κ2) is 7.44. The summed E-state index contributed by atoms with van der Waals surface area (Å²) < 4.78 is 6.61. The van der Waals surface area contributed by atoms with Crippen molar-refractivity contribution in [1.82, 2.24) is 5.32 Å². The average Bonchev–Trinajstić information content (AvgIpc) is 2.84. The molecule has 2 rings (SSSR count). The molecule has 1 aromatic carbocycles. The van der Waals surface area contributed by atoms with Crippen molar-refractivity contribution >= 4 is 45.0 Å². The molecule has 1 amide bonds. The summed E-state index contributed by atoms with van der Waals surface area (Å²) in [6, 6.07) is 5.72. The Morgan fingerprint density at radius 2 is 2.40 bits per heavy atom. The topological polar surface area (TPSA) is 63.1 Å². The molecule has 0 radical (unpaired) electrons. The van der Waals surface area contributed by atoms with Gasteiger partial charge in [0.05, 0.1) is 18.6 Å². The minimum Gasteiger partial charge on any atom is -0.493 e. The van der Waals surface area contributed by atoms with Crippen LogP contribution in [-0.4, -0.2) is 29.6 Å². The Balaban J connectivity index is 2.09. The number of amidine groups is 1. The predicted octanol–water partition coefficient (Wildman–Crippen LogP) is 2.79. The van der Waals surface area contributed by atoms with E-state index in [4.69, 9.17) is 4.74 Å². The predicted molar refractivity (Wildman–Crippen MR) is 85.6 cm³/mol. The van der Waals surface area contributed by atoms with Gasteiger partial charge in [-0.3, -0.25) is 4.79 Å². The fourth-order valence-corrected chi connectivity index (χ4v) is 2.45. The lowest BCUT2D eigenvalue weighted by Crippen LogP contribution is -2.19. The van der Waals surface area contributed by atoms with E-state index in [2.05, 4.69) is 38.4 Å². The molecule has 5 nitrogen and oxygen atoms in total. The highest BCUT2D eigenvalue weighted by molar-refractivity contribution is 9.10. The van der Waals surface area contributed by atoms with Crippen LogP contribution in [0.4, 0.5) is 0 Å². The average molecular weight is 356 g/mol. The van der Waals surface area contributed by atoms with Crippen molar-refractivity contribution in [3.8, 4) is 5.75 Å². The summed E-state index contributed by atoms with van der Waals surface area (Å²) in [6.45, 7) is 2.70. The van der Waals surface area contributed by atoms with Crippen LogP contribution in [0.3, 0.4) is 0 Å².